The van der Waals surface area contributed by atoms with Crippen LogP contribution in [-0.2, 0) is 11.3 Å². The highest BCUT2D eigenvalue weighted by Crippen LogP contribution is 2.18. The number of rotatable bonds is 7. The lowest BCUT2D eigenvalue weighted by Crippen LogP contribution is -2.49. The van der Waals surface area contributed by atoms with Crippen molar-refractivity contribution in [3.8, 4) is 0 Å². The van der Waals surface area contributed by atoms with Gasteiger partial charge in [0.1, 0.15) is 0 Å². The van der Waals surface area contributed by atoms with Gasteiger partial charge in [-0.15, -0.1) is 11.3 Å². The predicted octanol–water partition coefficient (Wildman–Crippen LogP) is 1.84. The summed E-state index contributed by atoms with van der Waals surface area (Å²) in [5.41, 5.74) is 1.14. The molecule has 0 unspecified atom stereocenters. The summed E-state index contributed by atoms with van der Waals surface area (Å²) < 4.78 is 5.61. The molecule has 1 aromatic carbocycles. The number of piperazine rings is 1. The minimum atomic E-state index is -0.440. The van der Waals surface area contributed by atoms with E-state index in [2.05, 4.69) is 14.8 Å². The van der Waals surface area contributed by atoms with Crippen molar-refractivity contribution in [2.45, 2.75) is 12.7 Å². The number of thiazole rings is 1. The van der Waals surface area contributed by atoms with Crippen LogP contribution < -0.4 is 4.90 Å². The Morgan fingerprint density at radius 3 is 2.65 bits per heavy atom. The van der Waals surface area contributed by atoms with Crippen molar-refractivity contribution in [3.63, 3.8) is 0 Å². The van der Waals surface area contributed by atoms with E-state index in [0.29, 0.717) is 19.8 Å². The summed E-state index contributed by atoms with van der Waals surface area (Å²) in [4.78, 5) is 8.95. The molecule has 2 aromatic rings. The van der Waals surface area contributed by atoms with E-state index in [4.69, 9.17) is 4.74 Å². The fourth-order valence-corrected chi connectivity index (χ4v) is 3.43. The molecule has 1 atom stereocenters. The summed E-state index contributed by atoms with van der Waals surface area (Å²) in [6, 6.07) is 10.0. The molecule has 124 valence electrons. The largest absolute Gasteiger partial charge is 0.389 e. The molecule has 5 nitrogen and oxygen atoms in total. The van der Waals surface area contributed by atoms with Gasteiger partial charge in [0.2, 0.25) is 0 Å². The van der Waals surface area contributed by atoms with Crippen LogP contribution in [0.1, 0.15) is 5.56 Å². The fourth-order valence-electron chi connectivity index (χ4n) is 2.73. The van der Waals surface area contributed by atoms with E-state index in [9.17, 15) is 5.11 Å². The van der Waals surface area contributed by atoms with Crippen molar-refractivity contribution in [1.29, 1.82) is 0 Å². The first-order valence-electron chi connectivity index (χ1n) is 7.98. The highest BCUT2D eigenvalue weighted by atomic mass is 32.1. The van der Waals surface area contributed by atoms with Crippen LogP contribution in [0.4, 0.5) is 5.13 Å². The van der Waals surface area contributed by atoms with Crippen molar-refractivity contribution in [2.75, 3.05) is 44.2 Å². The molecule has 0 amide bonds. The Labute approximate surface area is 141 Å². The Balaban J connectivity index is 1.34. The van der Waals surface area contributed by atoms with Gasteiger partial charge in [-0.05, 0) is 5.56 Å². The molecule has 0 radical (unpaired) electrons. The molecular formula is C17H23N3O2S. The van der Waals surface area contributed by atoms with Crippen molar-refractivity contribution in [1.82, 2.24) is 9.88 Å². The topological polar surface area (TPSA) is 48.8 Å². The molecule has 1 aliphatic heterocycles. The Kier molecular flexibility index (Phi) is 5.99. The smallest absolute Gasteiger partial charge is 0.185 e. The number of aliphatic hydroxyl groups excluding tert-OH is 1. The summed E-state index contributed by atoms with van der Waals surface area (Å²) in [6.07, 6.45) is 1.41. The molecule has 1 aromatic heterocycles. The Bertz CT molecular complexity index is 556. The number of anilines is 1. The lowest BCUT2D eigenvalue weighted by Gasteiger charge is -2.35. The van der Waals surface area contributed by atoms with Gasteiger partial charge in [0.05, 0.1) is 19.3 Å². The SMILES string of the molecule is O[C@@H](COCc1ccccc1)CN1CCN(c2nccs2)CC1. The third kappa shape index (κ3) is 5.00. The molecule has 0 saturated carbocycles. The number of hydrogen-bond donors (Lipinski definition) is 1. The monoisotopic (exact) mass is 333 g/mol. The number of benzene rings is 1. The molecule has 1 N–H and O–H groups in total. The molecule has 1 aliphatic rings. The van der Waals surface area contributed by atoms with Gasteiger partial charge in [0.25, 0.3) is 0 Å². The van der Waals surface area contributed by atoms with E-state index in [1.165, 1.54) is 0 Å². The quantitative estimate of drug-likeness (QED) is 0.838. The van der Waals surface area contributed by atoms with Gasteiger partial charge in [-0.2, -0.15) is 0 Å². The zero-order chi connectivity index (χ0) is 15.9. The van der Waals surface area contributed by atoms with Crippen LogP contribution in [0.15, 0.2) is 41.9 Å². The standard InChI is InChI=1S/C17H23N3O2S/c21-16(14-22-13-15-4-2-1-3-5-15)12-19-7-9-20(10-8-19)17-18-6-11-23-17/h1-6,11,16,21H,7-10,12-14H2/t16-/m1/s1. The number of β-amino-alcohol motifs (C(OH)–C–C–N with tert-alkyl or cyclic N) is 1. The van der Waals surface area contributed by atoms with Crippen molar-refractivity contribution in [2.24, 2.45) is 0 Å². The molecular weight excluding hydrogens is 310 g/mol. The molecule has 1 fully saturated rings. The van der Waals surface area contributed by atoms with Crippen LogP contribution in [0.25, 0.3) is 0 Å². The first-order chi connectivity index (χ1) is 11.3. The van der Waals surface area contributed by atoms with Gasteiger partial charge in [-0.25, -0.2) is 4.98 Å². The maximum atomic E-state index is 10.1. The molecule has 23 heavy (non-hydrogen) atoms. The maximum absolute atomic E-state index is 10.1. The molecule has 1 saturated heterocycles. The van der Waals surface area contributed by atoms with Crippen LogP contribution in [0, 0.1) is 0 Å². The molecule has 0 spiro atoms. The van der Waals surface area contributed by atoms with Gasteiger partial charge in [-0.3, -0.25) is 4.90 Å². The first kappa shape index (κ1) is 16.4. The van der Waals surface area contributed by atoms with Gasteiger partial charge in [-0.1, -0.05) is 30.3 Å². The van der Waals surface area contributed by atoms with Crippen LogP contribution in [-0.4, -0.2) is 60.4 Å². The average Bonchev–Trinajstić information content (AvgIpc) is 3.11. The highest BCUT2D eigenvalue weighted by molar-refractivity contribution is 7.13. The van der Waals surface area contributed by atoms with Crippen LogP contribution >= 0.6 is 11.3 Å². The average molecular weight is 333 g/mol. The minimum Gasteiger partial charge on any atom is -0.389 e. The van der Waals surface area contributed by atoms with Crippen LogP contribution in [0.5, 0.6) is 0 Å². The summed E-state index contributed by atoms with van der Waals surface area (Å²) in [5, 5.41) is 13.2. The second-order valence-electron chi connectivity index (χ2n) is 5.76. The molecule has 6 heteroatoms. The maximum Gasteiger partial charge on any atom is 0.185 e. The Morgan fingerprint density at radius 1 is 1.17 bits per heavy atom. The number of ether oxygens (including phenoxy) is 1. The summed E-state index contributed by atoms with van der Waals surface area (Å²) in [5.74, 6) is 0. The predicted molar refractivity (Wildman–Crippen MR) is 92.9 cm³/mol. The second-order valence-corrected chi connectivity index (χ2v) is 6.63. The highest BCUT2D eigenvalue weighted by Gasteiger charge is 2.20. The van der Waals surface area contributed by atoms with Crippen LogP contribution in [0.3, 0.4) is 0 Å². The van der Waals surface area contributed by atoms with E-state index >= 15 is 0 Å². The fraction of sp³-hybridized carbons (Fsp3) is 0.471. The van der Waals surface area contributed by atoms with E-state index < -0.39 is 6.10 Å². The van der Waals surface area contributed by atoms with Crippen molar-refractivity contribution < 1.29 is 9.84 Å². The number of aliphatic hydroxyl groups is 1. The van der Waals surface area contributed by atoms with Gasteiger partial charge < -0.3 is 14.7 Å². The van der Waals surface area contributed by atoms with Gasteiger partial charge >= 0.3 is 0 Å². The molecule has 0 bridgehead atoms. The van der Waals surface area contributed by atoms with Crippen molar-refractivity contribution >= 4 is 16.5 Å². The third-order valence-electron chi connectivity index (χ3n) is 3.95. The van der Waals surface area contributed by atoms with E-state index in [-0.39, 0.29) is 0 Å². The molecule has 0 aliphatic carbocycles. The first-order valence-corrected chi connectivity index (χ1v) is 8.86. The summed E-state index contributed by atoms with van der Waals surface area (Å²) in [7, 11) is 0. The van der Waals surface area contributed by atoms with E-state index in [0.717, 1.165) is 36.9 Å². The van der Waals surface area contributed by atoms with E-state index in [1.807, 2.05) is 41.9 Å². The molecule has 2 heterocycles. The minimum absolute atomic E-state index is 0.377. The van der Waals surface area contributed by atoms with Crippen LogP contribution in [0.2, 0.25) is 0 Å². The second kappa shape index (κ2) is 8.40. The lowest BCUT2D eigenvalue weighted by atomic mass is 10.2. The normalized spacial score (nSPS) is 17.3. The van der Waals surface area contributed by atoms with Crippen molar-refractivity contribution in [3.05, 3.63) is 47.5 Å². The van der Waals surface area contributed by atoms with E-state index in [1.54, 1.807) is 11.3 Å². The summed E-state index contributed by atoms with van der Waals surface area (Å²) in [6.45, 7) is 5.43. The lowest BCUT2D eigenvalue weighted by molar-refractivity contribution is 0.00914. The van der Waals surface area contributed by atoms with Gasteiger partial charge in [0.15, 0.2) is 5.13 Å². The number of aromatic nitrogens is 1. The zero-order valence-electron chi connectivity index (χ0n) is 13.2. The third-order valence-corrected chi connectivity index (χ3v) is 4.79. The zero-order valence-corrected chi connectivity index (χ0v) is 14.0. The Hall–Kier alpha value is -1.47. The molecule has 3 rings (SSSR count). The van der Waals surface area contributed by atoms with Gasteiger partial charge in [0, 0.05) is 44.3 Å². The summed E-state index contributed by atoms with van der Waals surface area (Å²) >= 11 is 1.68. The number of hydrogen-bond acceptors (Lipinski definition) is 6. The Morgan fingerprint density at radius 2 is 1.96 bits per heavy atom. The number of nitrogens with zero attached hydrogens (tertiary/aromatic N) is 3.